The van der Waals surface area contributed by atoms with Crippen molar-refractivity contribution in [3.8, 4) is 0 Å². The third-order valence-corrected chi connectivity index (χ3v) is 3.59. The average Bonchev–Trinajstić information content (AvgIpc) is 2.77. The predicted octanol–water partition coefficient (Wildman–Crippen LogP) is 0.0888. The minimum atomic E-state index is -3.10. The second kappa shape index (κ2) is 6.72. The summed E-state index contributed by atoms with van der Waals surface area (Å²) in [5.41, 5.74) is 5.65. The van der Waals surface area contributed by atoms with E-state index in [2.05, 4.69) is 5.32 Å². The Labute approximate surface area is 113 Å². The third-order valence-electron chi connectivity index (χ3n) is 2.61. The largest absolute Gasteiger partial charge is 0.469 e. The van der Waals surface area contributed by atoms with Gasteiger partial charge in [-0.2, -0.15) is 0 Å². The highest BCUT2D eigenvalue weighted by Crippen LogP contribution is 2.04. The normalized spacial score (nSPS) is 14.9. The van der Waals surface area contributed by atoms with Crippen molar-refractivity contribution in [3.63, 3.8) is 0 Å². The second-order valence-electron chi connectivity index (χ2n) is 4.72. The number of carbonyl (C=O) groups excluding carboxylic acids is 1. The molecule has 1 aromatic heterocycles. The van der Waals surface area contributed by atoms with Crippen LogP contribution in [0.15, 0.2) is 22.8 Å². The van der Waals surface area contributed by atoms with Gasteiger partial charge in [-0.15, -0.1) is 0 Å². The molecule has 2 unspecified atom stereocenters. The van der Waals surface area contributed by atoms with Gasteiger partial charge in [0.05, 0.1) is 18.1 Å². The van der Waals surface area contributed by atoms with Gasteiger partial charge in [0.2, 0.25) is 5.91 Å². The maximum absolute atomic E-state index is 11.7. The molecule has 0 aliphatic heterocycles. The zero-order chi connectivity index (χ0) is 14.5. The Morgan fingerprint density at radius 1 is 1.53 bits per heavy atom. The molecule has 0 aliphatic carbocycles. The van der Waals surface area contributed by atoms with Crippen LogP contribution in [0.3, 0.4) is 0 Å². The fourth-order valence-corrected chi connectivity index (χ4v) is 2.29. The zero-order valence-electron chi connectivity index (χ0n) is 11.1. The number of hydrogen-bond donors (Lipinski definition) is 2. The lowest BCUT2D eigenvalue weighted by Crippen LogP contribution is -2.45. The SMILES string of the molecule is CC(Cc1ccco1)NC(=O)C(N)CCS(C)(=O)=O. The first-order valence-electron chi connectivity index (χ1n) is 6.04. The summed E-state index contributed by atoms with van der Waals surface area (Å²) in [7, 11) is -3.10. The first-order valence-corrected chi connectivity index (χ1v) is 8.10. The molecule has 0 fully saturated rings. The molecule has 0 saturated carbocycles. The van der Waals surface area contributed by atoms with Gasteiger partial charge in [0, 0.05) is 18.7 Å². The fourth-order valence-electron chi connectivity index (χ4n) is 1.60. The van der Waals surface area contributed by atoms with Crippen molar-refractivity contribution in [3.05, 3.63) is 24.2 Å². The molecule has 7 heteroatoms. The zero-order valence-corrected chi connectivity index (χ0v) is 11.9. The van der Waals surface area contributed by atoms with Crippen LogP contribution in [0.25, 0.3) is 0 Å². The molecule has 2 atom stereocenters. The lowest BCUT2D eigenvalue weighted by Gasteiger charge is -2.16. The van der Waals surface area contributed by atoms with E-state index in [4.69, 9.17) is 10.2 Å². The van der Waals surface area contributed by atoms with Gasteiger partial charge in [-0.3, -0.25) is 4.79 Å². The molecule has 1 aromatic rings. The topological polar surface area (TPSA) is 102 Å². The van der Waals surface area contributed by atoms with Crippen molar-refractivity contribution in [1.29, 1.82) is 0 Å². The highest BCUT2D eigenvalue weighted by atomic mass is 32.2. The second-order valence-corrected chi connectivity index (χ2v) is 6.98. The smallest absolute Gasteiger partial charge is 0.237 e. The number of nitrogens with two attached hydrogens (primary N) is 1. The van der Waals surface area contributed by atoms with E-state index >= 15 is 0 Å². The van der Waals surface area contributed by atoms with Crippen LogP contribution in [0.4, 0.5) is 0 Å². The number of hydrogen-bond acceptors (Lipinski definition) is 5. The molecule has 6 nitrogen and oxygen atoms in total. The van der Waals surface area contributed by atoms with E-state index in [-0.39, 0.29) is 24.1 Å². The molecule has 19 heavy (non-hydrogen) atoms. The number of nitrogens with one attached hydrogen (secondary N) is 1. The quantitative estimate of drug-likeness (QED) is 0.740. The van der Waals surface area contributed by atoms with Crippen LogP contribution in [0, 0.1) is 0 Å². The molecule has 1 amide bonds. The van der Waals surface area contributed by atoms with Gasteiger partial charge in [0.15, 0.2) is 0 Å². The van der Waals surface area contributed by atoms with Crippen LogP contribution >= 0.6 is 0 Å². The molecule has 1 rings (SSSR count). The molecule has 1 heterocycles. The summed E-state index contributed by atoms with van der Waals surface area (Å²) in [6.45, 7) is 1.84. The molecule has 0 saturated heterocycles. The molecule has 0 radical (unpaired) electrons. The lowest BCUT2D eigenvalue weighted by atomic mass is 10.1. The number of sulfone groups is 1. The summed E-state index contributed by atoms with van der Waals surface area (Å²) in [6.07, 6.45) is 3.38. The van der Waals surface area contributed by atoms with E-state index in [0.29, 0.717) is 6.42 Å². The summed E-state index contributed by atoms with van der Waals surface area (Å²) < 4.78 is 27.2. The van der Waals surface area contributed by atoms with Crippen LogP contribution in [0.5, 0.6) is 0 Å². The maximum atomic E-state index is 11.7. The summed E-state index contributed by atoms with van der Waals surface area (Å²) in [6, 6.07) is 2.67. The van der Waals surface area contributed by atoms with Gasteiger partial charge in [-0.05, 0) is 25.5 Å². The van der Waals surface area contributed by atoms with Crippen LogP contribution in [0.1, 0.15) is 19.1 Å². The van der Waals surface area contributed by atoms with E-state index in [1.54, 1.807) is 12.3 Å². The summed E-state index contributed by atoms with van der Waals surface area (Å²) in [5, 5.41) is 2.74. The molecule has 0 spiro atoms. The minimum Gasteiger partial charge on any atom is -0.469 e. The number of rotatable bonds is 7. The van der Waals surface area contributed by atoms with Crippen LogP contribution in [-0.2, 0) is 21.1 Å². The van der Waals surface area contributed by atoms with Gasteiger partial charge in [0.1, 0.15) is 15.6 Å². The highest BCUT2D eigenvalue weighted by Gasteiger charge is 2.18. The molecular weight excluding hydrogens is 268 g/mol. The van der Waals surface area contributed by atoms with Gasteiger partial charge in [0.25, 0.3) is 0 Å². The Balaban J connectivity index is 2.37. The van der Waals surface area contributed by atoms with Gasteiger partial charge in [-0.25, -0.2) is 8.42 Å². The minimum absolute atomic E-state index is 0.0891. The third kappa shape index (κ3) is 6.40. The van der Waals surface area contributed by atoms with Gasteiger partial charge in [-0.1, -0.05) is 0 Å². The standard InChI is InChI=1S/C12H20N2O4S/c1-9(8-10-4-3-6-18-10)14-12(15)11(13)5-7-19(2,16)17/h3-4,6,9,11H,5,7-8,13H2,1-2H3,(H,14,15). The number of amides is 1. The Hall–Kier alpha value is -1.34. The van der Waals surface area contributed by atoms with Gasteiger partial charge >= 0.3 is 0 Å². The van der Waals surface area contributed by atoms with Crippen LogP contribution < -0.4 is 11.1 Å². The Morgan fingerprint density at radius 3 is 2.74 bits per heavy atom. The fraction of sp³-hybridized carbons (Fsp3) is 0.583. The van der Waals surface area contributed by atoms with Crippen LogP contribution in [-0.4, -0.2) is 38.4 Å². The van der Waals surface area contributed by atoms with E-state index in [0.717, 1.165) is 12.0 Å². The Kier molecular flexibility index (Phi) is 5.56. The van der Waals surface area contributed by atoms with E-state index in [1.807, 2.05) is 13.0 Å². The van der Waals surface area contributed by atoms with E-state index in [1.165, 1.54) is 0 Å². The van der Waals surface area contributed by atoms with Crippen molar-refractivity contribution < 1.29 is 17.6 Å². The highest BCUT2D eigenvalue weighted by molar-refractivity contribution is 7.90. The van der Waals surface area contributed by atoms with Crippen molar-refractivity contribution in [2.75, 3.05) is 12.0 Å². The first kappa shape index (κ1) is 15.7. The first-order chi connectivity index (χ1) is 8.78. The average molecular weight is 288 g/mol. The summed E-state index contributed by atoms with van der Waals surface area (Å²) in [5.74, 6) is 0.342. The monoisotopic (exact) mass is 288 g/mol. The van der Waals surface area contributed by atoms with Crippen LogP contribution in [0.2, 0.25) is 0 Å². The van der Waals surface area contributed by atoms with Crippen molar-refractivity contribution in [2.24, 2.45) is 5.73 Å². The molecule has 0 aliphatic rings. The maximum Gasteiger partial charge on any atom is 0.237 e. The molecule has 108 valence electrons. The lowest BCUT2D eigenvalue weighted by molar-refractivity contribution is -0.123. The summed E-state index contributed by atoms with van der Waals surface area (Å²) in [4.78, 5) is 11.7. The van der Waals surface area contributed by atoms with E-state index in [9.17, 15) is 13.2 Å². The van der Waals surface area contributed by atoms with Crippen molar-refractivity contribution in [1.82, 2.24) is 5.32 Å². The molecule has 0 bridgehead atoms. The van der Waals surface area contributed by atoms with Crippen molar-refractivity contribution in [2.45, 2.75) is 31.8 Å². The Morgan fingerprint density at radius 2 is 2.21 bits per heavy atom. The van der Waals surface area contributed by atoms with Gasteiger partial charge < -0.3 is 15.5 Å². The number of furan rings is 1. The predicted molar refractivity (Wildman–Crippen MR) is 72.3 cm³/mol. The van der Waals surface area contributed by atoms with E-state index < -0.39 is 15.9 Å². The molecular formula is C12H20N2O4S. The summed E-state index contributed by atoms with van der Waals surface area (Å²) >= 11 is 0. The molecule has 3 N–H and O–H groups in total. The Bertz CT molecular complexity index is 496. The number of carbonyl (C=O) groups is 1. The van der Waals surface area contributed by atoms with Crippen molar-refractivity contribution >= 4 is 15.7 Å². The molecule has 0 aromatic carbocycles.